The van der Waals surface area contributed by atoms with Gasteiger partial charge in [0.25, 0.3) is 0 Å². The van der Waals surface area contributed by atoms with Crippen molar-refractivity contribution < 1.29 is 9.59 Å². The molecule has 5 aliphatic rings. The molecular weight excluding hydrogens is 376 g/mol. The smallest absolute Gasteiger partial charge is 0.321 e. The highest BCUT2D eigenvalue weighted by Crippen LogP contribution is 2.55. The largest absolute Gasteiger partial charge is 0.338 e. The van der Waals surface area contributed by atoms with Crippen LogP contribution in [0.2, 0.25) is 0 Å². The predicted molar refractivity (Wildman–Crippen MR) is 117 cm³/mol. The van der Waals surface area contributed by atoms with Crippen molar-refractivity contribution in [3.05, 3.63) is 30.3 Å². The number of amides is 4. The highest BCUT2D eigenvalue weighted by Gasteiger charge is 2.51. The van der Waals surface area contributed by atoms with Crippen LogP contribution in [0.5, 0.6) is 0 Å². The van der Waals surface area contributed by atoms with Crippen LogP contribution in [0, 0.1) is 23.7 Å². The van der Waals surface area contributed by atoms with Crippen molar-refractivity contribution in [1.29, 1.82) is 0 Å². The highest BCUT2D eigenvalue weighted by molar-refractivity contribution is 5.89. The molecule has 4 bridgehead atoms. The second kappa shape index (κ2) is 8.12. The minimum atomic E-state index is -0.0350. The quantitative estimate of drug-likeness (QED) is 0.696. The molecule has 0 radical (unpaired) electrons. The normalized spacial score (nSPS) is 32.7. The fourth-order valence-corrected chi connectivity index (χ4v) is 6.85. The van der Waals surface area contributed by atoms with Crippen molar-refractivity contribution in [2.75, 3.05) is 25.0 Å². The van der Waals surface area contributed by atoms with Gasteiger partial charge in [0.1, 0.15) is 0 Å². The van der Waals surface area contributed by atoms with E-state index in [-0.39, 0.29) is 17.6 Å². The Morgan fingerprint density at radius 1 is 0.933 bits per heavy atom. The molecule has 1 aliphatic heterocycles. The van der Waals surface area contributed by atoms with Gasteiger partial charge in [-0.2, -0.15) is 0 Å². The highest BCUT2D eigenvalue weighted by atomic mass is 16.2. The molecule has 0 atom stereocenters. The third-order valence-corrected chi connectivity index (χ3v) is 7.90. The predicted octanol–water partition coefficient (Wildman–Crippen LogP) is 4.20. The summed E-state index contributed by atoms with van der Waals surface area (Å²) >= 11 is 0. The Bertz CT molecular complexity index is 737. The zero-order valence-electron chi connectivity index (χ0n) is 17.7. The number of piperidine rings is 1. The third kappa shape index (κ3) is 4.28. The lowest BCUT2D eigenvalue weighted by Crippen LogP contribution is -2.61. The summed E-state index contributed by atoms with van der Waals surface area (Å²) in [4.78, 5) is 27.0. The summed E-state index contributed by atoms with van der Waals surface area (Å²) < 4.78 is 0. The molecule has 1 heterocycles. The Morgan fingerprint density at radius 3 is 2.13 bits per heavy atom. The zero-order valence-corrected chi connectivity index (χ0v) is 17.7. The summed E-state index contributed by atoms with van der Waals surface area (Å²) in [5, 5.41) is 9.49. The Kier molecular flexibility index (Phi) is 5.34. The Labute approximate surface area is 179 Å². The van der Waals surface area contributed by atoms with E-state index in [4.69, 9.17) is 0 Å². The van der Waals surface area contributed by atoms with E-state index in [9.17, 15) is 9.59 Å². The summed E-state index contributed by atoms with van der Waals surface area (Å²) in [6, 6.07) is 9.55. The number of urea groups is 2. The maximum atomic E-state index is 12.6. The monoisotopic (exact) mass is 410 g/mol. The maximum Gasteiger partial charge on any atom is 0.321 e. The fraction of sp³-hybridized carbons (Fsp3) is 0.667. The molecule has 5 fully saturated rings. The van der Waals surface area contributed by atoms with Crippen LogP contribution < -0.4 is 16.0 Å². The van der Waals surface area contributed by atoms with Gasteiger partial charge in [0.15, 0.2) is 0 Å². The van der Waals surface area contributed by atoms with E-state index in [0.29, 0.717) is 12.5 Å². The Morgan fingerprint density at radius 2 is 1.53 bits per heavy atom. The average Bonchev–Trinajstić information content (AvgIpc) is 2.72. The van der Waals surface area contributed by atoms with Gasteiger partial charge in [-0.25, -0.2) is 9.59 Å². The van der Waals surface area contributed by atoms with Gasteiger partial charge in [0.05, 0.1) is 0 Å². The first kappa shape index (κ1) is 19.7. The lowest BCUT2D eigenvalue weighted by atomic mass is 9.53. The lowest BCUT2D eigenvalue weighted by Gasteiger charge is -2.56. The van der Waals surface area contributed by atoms with Gasteiger partial charge in [-0.1, -0.05) is 18.2 Å². The van der Waals surface area contributed by atoms with Crippen molar-refractivity contribution in [2.45, 2.75) is 56.9 Å². The van der Waals surface area contributed by atoms with Crippen LogP contribution >= 0.6 is 0 Å². The first-order valence-electron chi connectivity index (χ1n) is 11.7. The first-order chi connectivity index (χ1) is 14.6. The summed E-state index contributed by atoms with van der Waals surface area (Å²) in [6.45, 7) is 2.18. The molecule has 6 nitrogen and oxygen atoms in total. The number of carbonyl (C=O) groups is 2. The van der Waals surface area contributed by atoms with Gasteiger partial charge >= 0.3 is 12.1 Å². The first-order valence-corrected chi connectivity index (χ1v) is 11.7. The van der Waals surface area contributed by atoms with Crippen LogP contribution in [-0.2, 0) is 0 Å². The van der Waals surface area contributed by atoms with Crippen LogP contribution in [0.1, 0.15) is 51.4 Å². The number of benzene rings is 1. The molecular formula is C24H34N4O2. The van der Waals surface area contributed by atoms with E-state index in [1.165, 1.54) is 38.5 Å². The molecule has 4 saturated carbocycles. The van der Waals surface area contributed by atoms with Gasteiger partial charge in [0, 0.05) is 30.9 Å². The van der Waals surface area contributed by atoms with Crippen molar-refractivity contribution in [3.63, 3.8) is 0 Å². The SMILES string of the molecule is O=C(NCC1CCN(C(=O)Nc2ccccc2)CC1)NC12CC3CC(CC(C3)C1)C2. The molecule has 4 aliphatic carbocycles. The van der Waals surface area contributed by atoms with Crippen molar-refractivity contribution in [1.82, 2.24) is 15.5 Å². The number of para-hydroxylation sites is 1. The van der Waals surface area contributed by atoms with Crippen LogP contribution in [0.4, 0.5) is 15.3 Å². The number of carbonyl (C=O) groups excluding carboxylic acids is 2. The van der Waals surface area contributed by atoms with Gasteiger partial charge in [0.2, 0.25) is 0 Å². The van der Waals surface area contributed by atoms with Crippen molar-refractivity contribution in [2.24, 2.45) is 23.7 Å². The molecule has 30 heavy (non-hydrogen) atoms. The molecule has 162 valence electrons. The standard InChI is InChI=1S/C24H34N4O2/c29-22(27-24-13-18-10-19(14-24)12-20(11-18)15-24)25-16-17-6-8-28(9-7-17)23(30)26-21-4-2-1-3-5-21/h1-5,17-20H,6-16H2,(H,26,30)(H2,25,27,29). The molecule has 3 N–H and O–H groups in total. The molecule has 4 amide bonds. The molecule has 1 aromatic carbocycles. The number of nitrogens with zero attached hydrogens (tertiary/aromatic N) is 1. The van der Waals surface area contributed by atoms with Gasteiger partial charge in [-0.05, 0) is 87.2 Å². The van der Waals surface area contributed by atoms with Gasteiger partial charge in [-0.15, -0.1) is 0 Å². The minimum absolute atomic E-state index is 0.0150. The van der Waals surface area contributed by atoms with Gasteiger partial charge < -0.3 is 20.9 Å². The van der Waals surface area contributed by atoms with E-state index >= 15 is 0 Å². The van der Waals surface area contributed by atoms with E-state index in [0.717, 1.165) is 49.4 Å². The molecule has 0 unspecified atom stereocenters. The summed E-state index contributed by atoms with van der Waals surface area (Å²) in [6.07, 6.45) is 9.57. The minimum Gasteiger partial charge on any atom is -0.338 e. The number of likely N-dealkylation sites (tertiary alicyclic amines) is 1. The number of anilines is 1. The van der Waals surface area contributed by atoms with Crippen LogP contribution in [0.15, 0.2) is 30.3 Å². The number of nitrogens with one attached hydrogen (secondary N) is 3. The molecule has 1 saturated heterocycles. The second-order valence-electron chi connectivity index (χ2n) is 10.3. The molecule has 6 rings (SSSR count). The number of hydrogen-bond donors (Lipinski definition) is 3. The molecule has 1 aromatic rings. The van der Waals surface area contributed by atoms with Crippen LogP contribution in [-0.4, -0.2) is 42.1 Å². The van der Waals surface area contributed by atoms with Crippen LogP contribution in [0.25, 0.3) is 0 Å². The third-order valence-electron chi connectivity index (χ3n) is 7.90. The van der Waals surface area contributed by atoms with E-state index in [2.05, 4.69) is 16.0 Å². The lowest BCUT2D eigenvalue weighted by molar-refractivity contribution is -0.0135. The maximum absolute atomic E-state index is 12.6. The summed E-state index contributed by atoms with van der Waals surface area (Å²) in [5.74, 6) is 2.95. The molecule has 0 spiro atoms. The molecule has 6 heteroatoms. The van der Waals surface area contributed by atoms with Crippen molar-refractivity contribution in [3.8, 4) is 0 Å². The Hall–Kier alpha value is -2.24. The van der Waals surface area contributed by atoms with Crippen LogP contribution in [0.3, 0.4) is 0 Å². The summed E-state index contributed by atoms with van der Waals surface area (Å²) in [5.41, 5.74) is 0.894. The second-order valence-corrected chi connectivity index (χ2v) is 10.3. The van der Waals surface area contributed by atoms with E-state index in [1.54, 1.807) is 0 Å². The average molecular weight is 411 g/mol. The number of hydrogen-bond acceptors (Lipinski definition) is 2. The number of rotatable bonds is 4. The van der Waals surface area contributed by atoms with E-state index < -0.39 is 0 Å². The topological polar surface area (TPSA) is 73.5 Å². The van der Waals surface area contributed by atoms with Crippen molar-refractivity contribution >= 4 is 17.7 Å². The molecule has 0 aromatic heterocycles. The Balaban J connectivity index is 1.04. The zero-order chi connectivity index (χ0) is 20.6. The van der Waals surface area contributed by atoms with E-state index in [1.807, 2.05) is 35.2 Å². The van der Waals surface area contributed by atoms with Gasteiger partial charge in [-0.3, -0.25) is 0 Å². The fourth-order valence-electron chi connectivity index (χ4n) is 6.85. The summed E-state index contributed by atoms with van der Waals surface area (Å²) in [7, 11) is 0.